The minimum atomic E-state index is -0.378. The van der Waals surface area contributed by atoms with Gasteiger partial charge in [-0.05, 0) is 31.8 Å². The molecular weight excluding hydrogens is 202 g/mol. The third kappa shape index (κ3) is 3.46. The molecule has 0 spiro atoms. The number of hydrogen-bond acceptors (Lipinski definition) is 3. The average molecular weight is 227 g/mol. The van der Waals surface area contributed by atoms with Crippen LogP contribution in [-0.4, -0.2) is 42.5 Å². The summed E-state index contributed by atoms with van der Waals surface area (Å²) in [6, 6.07) is 0.129. The predicted molar refractivity (Wildman–Crippen MR) is 66.1 cm³/mol. The third-order valence-corrected chi connectivity index (χ3v) is 3.44. The number of amides is 1. The molecule has 0 aliphatic carbocycles. The van der Waals surface area contributed by atoms with E-state index >= 15 is 0 Å². The van der Waals surface area contributed by atoms with Crippen molar-refractivity contribution in [3.8, 4) is 0 Å². The summed E-state index contributed by atoms with van der Waals surface area (Å²) in [4.78, 5) is 14.1. The van der Waals surface area contributed by atoms with Crippen LogP contribution in [0.4, 0.5) is 0 Å². The van der Waals surface area contributed by atoms with E-state index in [1.165, 1.54) is 12.8 Å². The molecule has 3 N–H and O–H groups in total. The fourth-order valence-electron chi connectivity index (χ4n) is 2.18. The van der Waals surface area contributed by atoms with E-state index in [1.54, 1.807) is 0 Å². The van der Waals surface area contributed by atoms with Crippen molar-refractivity contribution in [2.24, 2.45) is 11.7 Å². The highest BCUT2D eigenvalue weighted by atomic mass is 16.2. The smallest absolute Gasteiger partial charge is 0.237 e. The van der Waals surface area contributed by atoms with Crippen molar-refractivity contribution < 1.29 is 4.79 Å². The maximum atomic E-state index is 11.7. The van der Waals surface area contributed by atoms with Crippen LogP contribution in [0.2, 0.25) is 0 Å². The Morgan fingerprint density at radius 3 is 2.81 bits per heavy atom. The van der Waals surface area contributed by atoms with Gasteiger partial charge in [0.05, 0.1) is 6.04 Å². The van der Waals surface area contributed by atoms with Crippen LogP contribution in [0, 0.1) is 5.92 Å². The Kier molecular flexibility index (Phi) is 5.22. The zero-order chi connectivity index (χ0) is 12.1. The lowest BCUT2D eigenvalue weighted by molar-refractivity contribution is -0.123. The molecule has 0 bridgehead atoms. The average Bonchev–Trinajstić information content (AvgIpc) is 2.71. The molecule has 1 aliphatic heterocycles. The summed E-state index contributed by atoms with van der Waals surface area (Å²) >= 11 is 0. The summed E-state index contributed by atoms with van der Waals surface area (Å²) in [6.45, 7) is 9.08. The van der Waals surface area contributed by atoms with Crippen LogP contribution >= 0.6 is 0 Å². The molecule has 1 rings (SSSR count). The van der Waals surface area contributed by atoms with Gasteiger partial charge in [-0.3, -0.25) is 9.69 Å². The van der Waals surface area contributed by atoms with Gasteiger partial charge in [-0.1, -0.05) is 20.8 Å². The van der Waals surface area contributed by atoms with Gasteiger partial charge in [0.15, 0.2) is 0 Å². The second-order valence-corrected chi connectivity index (χ2v) is 4.94. The van der Waals surface area contributed by atoms with Gasteiger partial charge in [0, 0.05) is 12.6 Å². The van der Waals surface area contributed by atoms with Gasteiger partial charge in [0.2, 0.25) is 5.91 Å². The fourth-order valence-corrected chi connectivity index (χ4v) is 2.18. The fraction of sp³-hybridized carbons (Fsp3) is 0.917. The van der Waals surface area contributed by atoms with Crippen LogP contribution in [0.5, 0.6) is 0 Å². The maximum Gasteiger partial charge on any atom is 0.237 e. The number of nitrogens with one attached hydrogen (secondary N) is 1. The van der Waals surface area contributed by atoms with Crippen LogP contribution in [0.25, 0.3) is 0 Å². The van der Waals surface area contributed by atoms with Crippen LogP contribution in [0.1, 0.15) is 33.6 Å². The number of carbonyl (C=O) groups excluding carboxylic acids is 1. The molecule has 1 aliphatic rings. The van der Waals surface area contributed by atoms with E-state index in [4.69, 9.17) is 5.73 Å². The van der Waals surface area contributed by atoms with Gasteiger partial charge in [-0.2, -0.15) is 0 Å². The predicted octanol–water partition coefficient (Wildman–Crippen LogP) is 0.570. The highest BCUT2D eigenvalue weighted by Crippen LogP contribution is 2.15. The van der Waals surface area contributed by atoms with E-state index in [-0.39, 0.29) is 17.9 Å². The minimum Gasteiger partial charge on any atom is -0.353 e. The molecule has 4 heteroatoms. The lowest BCUT2D eigenvalue weighted by Gasteiger charge is -2.24. The van der Waals surface area contributed by atoms with Gasteiger partial charge in [-0.25, -0.2) is 0 Å². The molecule has 1 amide bonds. The second-order valence-electron chi connectivity index (χ2n) is 4.94. The maximum absolute atomic E-state index is 11.7. The lowest BCUT2D eigenvalue weighted by Crippen LogP contribution is -2.48. The van der Waals surface area contributed by atoms with Crippen LogP contribution in [0.3, 0.4) is 0 Å². The van der Waals surface area contributed by atoms with Gasteiger partial charge in [0.25, 0.3) is 0 Å². The zero-order valence-electron chi connectivity index (χ0n) is 10.7. The Morgan fingerprint density at radius 2 is 2.25 bits per heavy atom. The number of rotatable bonds is 5. The number of nitrogens with two attached hydrogens (primary N) is 1. The van der Waals surface area contributed by atoms with E-state index in [2.05, 4.69) is 17.1 Å². The molecule has 0 aromatic rings. The molecule has 94 valence electrons. The monoisotopic (exact) mass is 227 g/mol. The van der Waals surface area contributed by atoms with Gasteiger partial charge in [-0.15, -0.1) is 0 Å². The first-order chi connectivity index (χ1) is 7.56. The molecule has 1 fully saturated rings. The summed E-state index contributed by atoms with van der Waals surface area (Å²) in [7, 11) is 0. The molecule has 4 nitrogen and oxygen atoms in total. The molecule has 2 unspecified atom stereocenters. The zero-order valence-corrected chi connectivity index (χ0v) is 10.7. The van der Waals surface area contributed by atoms with Gasteiger partial charge < -0.3 is 11.1 Å². The quantitative estimate of drug-likeness (QED) is 0.722. The van der Waals surface area contributed by atoms with Crippen molar-refractivity contribution in [3.05, 3.63) is 0 Å². The summed E-state index contributed by atoms with van der Waals surface area (Å²) in [5.41, 5.74) is 5.79. The minimum absolute atomic E-state index is 0.0158. The highest BCUT2D eigenvalue weighted by Gasteiger charge is 2.24. The van der Waals surface area contributed by atoms with Crippen LogP contribution < -0.4 is 11.1 Å². The number of hydrogen-bond donors (Lipinski definition) is 2. The normalized spacial score (nSPS) is 23.7. The number of likely N-dealkylation sites (N-methyl/N-ethyl adjacent to an activating group) is 1. The van der Waals surface area contributed by atoms with Gasteiger partial charge >= 0.3 is 0 Å². The molecule has 0 aromatic carbocycles. The van der Waals surface area contributed by atoms with Crippen molar-refractivity contribution in [3.63, 3.8) is 0 Å². The van der Waals surface area contributed by atoms with Crippen molar-refractivity contribution >= 4 is 5.91 Å². The van der Waals surface area contributed by atoms with E-state index in [1.807, 2.05) is 13.8 Å². The van der Waals surface area contributed by atoms with Crippen molar-refractivity contribution in [1.82, 2.24) is 10.2 Å². The Hall–Kier alpha value is -0.610. The molecule has 0 saturated carbocycles. The number of carbonyl (C=O) groups is 1. The Morgan fingerprint density at radius 1 is 1.56 bits per heavy atom. The lowest BCUT2D eigenvalue weighted by atomic mass is 10.0. The van der Waals surface area contributed by atoms with Crippen molar-refractivity contribution in [1.29, 1.82) is 0 Å². The molecule has 16 heavy (non-hydrogen) atoms. The third-order valence-electron chi connectivity index (χ3n) is 3.44. The summed E-state index contributed by atoms with van der Waals surface area (Å²) in [6.07, 6.45) is 2.43. The topological polar surface area (TPSA) is 58.4 Å². The summed E-state index contributed by atoms with van der Waals surface area (Å²) in [5.74, 6) is 0.184. The van der Waals surface area contributed by atoms with Crippen LogP contribution in [0.15, 0.2) is 0 Å². The van der Waals surface area contributed by atoms with Crippen molar-refractivity contribution in [2.45, 2.75) is 45.7 Å². The van der Waals surface area contributed by atoms with E-state index in [0.29, 0.717) is 6.04 Å². The first-order valence-electron chi connectivity index (χ1n) is 6.33. The van der Waals surface area contributed by atoms with E-state index < -0.39 is 0 Å². The van der Waals surface area contributed by atoms with E-state index in [0.717, 1.165) is 19.6 Å². The van der Waals surface area contributed by atoms with E-state index in [9.17, 15) is 4.79 Å². The Balaban J connectivity index is 2.31. The standard InChI is InChI=1S/C12H25N3O/c1-4-15-7-5-6-10(15)8-14-12(16)11(13)9(2)3/h9-11H,4-8,13H2,1-3H3,(H,14,16). The summed E-state index contributed by atoms with van der Waals surface area (Å²) < 4.78 is 0. The second kappa shape index (κ2) is 6.21. The van der Waals surface area contributed by atoms with Crippen LogP contribution in [-0.2, 0) is 4.79 Å². The van der Waals surface area contributed by atoms with Crippen molar-refractivity contribution in [2.75, 3.05) is 19.6 Å². The number of likely N-dealkylation sites (tertiary alicyclic amines) is 1. The number of nitrogens with zero attached hydrogens (tertiary/aromatic N) is 1. The molecule has 2 atom stereocenters. The Labute approximate surface area is 98.6 Å². The molecule has 1 saturated heterocycles. The first kappa shape index (κ1) is 13.5. The molecule has 1 heterocycles. The van der Waals surface area contributed by atoms with Gasteiger partial charge in [0.1, 0.15) is 0 Å². The Bertz CT molecular complexity index is 230. The summed E-state index contributed by atoms with van der Waals surface area (Å²) in [5, 5.41) is 2.96. The molecular formula is C12H25N3O. The SMILES string of the molecule is CCN1CCCC1CNC(=O)C(N)C(C)C. The first-order valence-corrected chi connectivity index (χ1v) is 6.33. The molecule has 0 aromatic heterocycles. The highest BCUT2D eigenvalue weighted by molar-refractivity contribution is 5.81. The largest absolute Gasteiger partial charge is 0.353 e. The molecule has 0 radical (unpaired) electrons.